The topological polar surface area (TPSA) is 125 Å². The first-order chi connectivity index (χ1) is 15.2. The van der Waals surface area contributed by atoms with Crippen LogP contribution in [0.25, 0.3) is 0 Å². The zero-order valence-corrected chi connectivity index (χ0v) is 19.8. The van der Waals surface area contributed by atoms with Crippen LogP contribution >= 0.6 is 15.9 Å². The predicted molar refractivity (Wildman–Crippen MR) is 126 cm³/mol. The number of benzene rings is 2. The maximum Gasteiger partial charge on any atom is 0.251 e. The standard InChI is InChI=1S/C22H24BrN3O5S/c1-32(30,31)25-13-10-16-4-2-5-18(14-16)21(28)26-20(22(29)24-12-3-11-23)15-17-6-8-19(27)9-7-17/h2,4-9,14,20,25,27H,10,12-13,15H2,1H3,(H,24,29)(H,26,28). The van der Waals surface area contributed by atoms with Gasteiger partial charge in [-0.15, -0.1) is 0 Å². The maximum atomic E-state index is 12.8. The largest absolute Gasteiger partial charge is 0.508 e. The summed E-state index contributed by atoms with van der Waals surface area (Å²) in [5, 5.41) is 14.9. The molecule has 0 radical (unpaired) electrons. The maximum absolute atomic E-state index is 12.8. The van der Waals surface area contributed by atoms with E-state index in [2.05, 4.69) is 42.0 Å². The van der Waals surface area contributed by atoms with Crippen molar-refractivity contribution in [2.24, 2.45) is 0 Å². The van der Waals surface area contributed by atoms with Crippen molar-refractivity contribution in [3.63, 3.8) is 0 Å². The van der Waals surface area contributed by atoms with E-state index in [4.69, 9.17) is 0 Å². The van der Waals surface area contributed by atoms with Crippen LogP contribution < -0.4 is 15.4 Å². The summed E-state index contributed by atoms with van der Waals surface area (Å²) in [7, 11) is -3.29. The highest BCUT2D eigenvalue weighted by Crippen LogP contribution is 2.12. The Bertz CT molecular complexity index is 1110. The molecular formula is C22H24BrN3O5S. The van der Waals surface area contributed by atoms with Crippen molar-refractivity contribution >= 4 is 37.8 Å². The van der Waals surface area contributed by atoms with Crippen LogP contribution in [-0.2, 0) is 27.7 Å². The second-order valence-corrected chi connectivity index (χ2v) is 9.23. The van der Waals surface area contributed by atoms with Gasteiger partial charge in [0.05, 0.1) is 12.8 Å². The lowest BCUT2D eigenvalue weighted by Gasteiger charge is -2.18. The first-order valence-corrected chi connectivity index (χ1v) is 12.3. The Balaban J connectivity index is 2.11. The van der Waals surface area contributed by atoms with Crippen LogP contribution in [0.15, 0.2) is 48.5 Å². The lowest BCUT2D eigenvalue weighted by atomic mass is 10.0. The summed E-state index contributed by atoms with van der Waals surface area (Å²) in [6, 6.07) is 12.3. The Kier molecular flexibility index (Phi) is 9.71. The van der Waals surface area contributed by atoms with Crippen molar-refractivity contribution in [2.45, 2.75) is 18.9 Å². The van der Waals surface area contributed by atoms with Gasteiger partial charge in [0.2, 0.25) is 15.9 Å². The van der Waals surface area contributed by atoms with Crippen LogP contribution in [0, 0.1) is 10.8 Å². The number of phenolic OH excluding ortho intramolecular Hbond substituents is 1. The minimum Gasteiger partial charge on any atom is -0.508 e. The Morgan fingerprint density at radius 3 is 2.50 bits per heavy atom. The number of carbonyl (C=O) groups is 2. The van der Waals surface area contributed by atoms with Crippen molar-refractivity contribution in [1.82, 2.24) is 15.4 Å². The number of rotatable bonds is 10. The summed E-state index contributed by atoms with van der Waals surface area (Å²) in [6.07, 6.45) is 1.72. The number of sulfonamides is 1. The molecule has 2 amide bonds. The molecule has 0 heterocycles. The zero-order valence-electron chi connectivity index (χ0n) is 17.4. The van der Waals surface area contributed by atoms with Gasteiger partial charge < -0.3 is 15.7 Å². The van der Waals surface area contributed by atoms with Crippen LogP contribution in [0.2, 0.25) is 0 Å². The molecule has 4 N–H and O–H groups in total. The van der Waals surface area contributed by atoms with Gasteiger partial charge in [0, 0.05) is 34.5 Å². The van der Waals surface area contributed by atoms with E-state index in [0.717, 1.165) is 17.4 Å². The number of halogens is 1. The molecule has 2 aromatic rings. The zero-order chi connectivity index (χ0) is 23.6. The number of hydrogen-bond donors (Lipinski definition) is 4. The molecule has 0 fully saturated rings. The van der Waals surface area contributed by atoms with E-state index in [1.807, 2.05) is 0 Å². The SMILES string of the molecule is CS(=O)(=O)NCCc1cccc(C(=O)NC(Cc2ccc(O)cc2)C(=O)NCC#CBr)c1. The van der Waals surface area contributed by atoms with E-state index in [-0.39, 0.29) is 25.3 Å². The normalized spacial score (nSPS) is 11.7. The molecule has 2 rings (SSSR count). The molecule has 0 spiro atoms. The smallest absolute Gasteiger partial charge is 0.251 e. The highest BCUT2D eigenvalue weighted by molar-refractivity contribution is 9.12. The van der Waals surface area contributed by atoms with Gasteiger partial charge in [-0.2, -0.15) is 0 Å². The molecule has 1 atom stereocenters. The molecule has 0 aliphatic carbocycles. The van der Waals surface area contributed by atoms with Gasteiger partial charge in [-0.05, 0) is 46.6 Å². The molecule has 0 saturated carbocycles. The fourth-order valence-corrected chi connectivity index (χ4v) is 3.47. The summed E-state index contributed by atoms with van der Waals surface area (Å²) in [5.41, 5.74) is 1.89. The molecule has 0 aliphatic heterocycles. The summed E-state index contributed by atoms with van der Waals surface area (Å²) in [4.78, 5) is 28.0. The van der Waals surface area contributed by atoms with Crippen LogP contribution in [0.3, 0.4) is 0 Å². The van der Waals surface area contributed by atoms with Crippen LogP contribution in [0.5, 0.6) is 5.75 Å². The third-order valence-electron chi connectivity index (χ3n) is 4.38. The molecule has 0 saturated heterocycles. The lowest BCUT2D eigenvalue weighted by molar-refractivity contribution is -0.122. The number of carbonyl (C=O) groups excluding carboxylic acids is 2. The van der Waals surface area contributed by atoms with Crippen molar-refractivity contribution in [1.29, 1.82) is 0 Å². The third kappa shape index (κ3) is 9.09. The predicted octanol–water partition coefficient (Wildman–Crippen LogP) is 1.30. The van der Waals surface area contributed by atoms with Gasteiger partial charge in [-0.25, -0.2) is 13.1 Å². The molecule has 1 unspecified atom stereocenters. The van der Waals surface area contributed by atoms with Crippen molar-refractivity contribution in [2.75, 3.05) is 19.3 Å². The van der Waals surface area contributed by atoms with Crippen LogP contribution in [0.4, 0.5) is 0 Å². The Morgan fingerprint density at radius 2 is 1.84 bits per heavy atom. The Labute approximate surface area is 196 Å². The van der Waals surface area contributed by atoms with Crippen molar-refractivity contribution in [3.8, 4) is 16.5 Å². The van der Waals surface area contributed by atoms with E-state index in [0.29, 0.717) is 12.0 Å². The van der Waals surface area contributed by atoms with E-state index in [1.54, 1.807) is 36.4 Å². The highest BCUT2D eigenvalue weighted by Gasteiger charge is 2.22. The molecule has 0 bridgehead atoms. The summed E-state index contributed by atoms with van der Waals surface area (Å²) in [5.74, 6) is 1.94. The quantitative estimate of drug-likeness (QED) is 0.350. The minimum absolute atomic E-state index is 0.105. The summed E-state index contributed by atoms with van der Waals surface area (Å²) >= 11 is 2.96. The van der Waals surface area contributed by atoms with Crippen molar-refractivity contribution < 1.29 is 23.1 Å². The number of amides is 2. The summed E-state index contributed by atoms with van der Waals surface area (Å²) < 4.78 is 24.8. The molecule has 0 aliphatic rings. The molecular weight excluding hydrogens is 498 g/mol. The fraction of sp³-hybridized carbons (Fsp3) is 0.273. The van der Waals surface area contributed by atoms with Gasteiger partial charge in [-0.1, -0.05) is 30.2 Å². The van der Waals surface area contributed by atoms with Gasteiger partial charge in [0.1, 0.15) is 11.8 Å². The number of aromatic hydroxyl groups is 1. The second kappa shape index (κ2) is 12.2. The van der Waals surface area contributed by atoms with Gasteiger partial charge in [0.15, 0.2) is 0 Å². The average molecular weight is 522 g/mol. The number of nitrogens with one attached hydrogen (secondary N) is 3. The monoisotopic (exact) mass is 521 g/mol. The molecule has 170 valence electrons. The second-order valence-electron chi connectivity index (χ2n) is 7.00. The molecule has 32 heavy (non-hydrogen) atoms. The number of hydrogen-bond acceptors (Lipinski definition) is 5. The van der Waals surface area contributed by atoms with E-state index in [1.165, 1.54) is 12.1 Å². The Hall–Kier alpha value is -2.87. The van der Waals surface area contributed by atoms with E-state index >= 15 is 0 Å². The van der Waals surface area contributed by atoms with Gasteiger partial charge in [0.25, 0.3) is 5.91 Å². The van der Waals surface area contributed by atoms with E-state index < -0.39 is 27.9 Å². The first-order valence-electron chi connectivity index (χ1n) is 9.66. The molecule has 0 aromatic heterocycles. The molecule has 2 aromatic carbocycles. The summed E-state index contributed by atoms with van der Waals surface area (Å²) in [6.45, 7) is 0.333. The third-order valence-corrected chi connectivity index (χ3v) is 5.39. The van der Waals surface area contributed by atoms with Gasteiger partial charge in [-0.3, -0.25) is 9.59 Å². The number of phenols is 1. The van der Waals surface area contributed by atoms with E-state index in [9.17, 15) is 23.1 Å². The van der Waals surface area contributed by atoms with Crippen LogP contribution in [0.1, 0.15) is 21.5 Å². The fourth-order valence-electron chi connectivity index (χ4n) is 2.86. The van der Waals surface area contributed by atoms with Gasteiger partial charge >= 0.3 is 0 Å². The lowest BCUT2D eigenvalue weighted by Crippen LogP contribution is -2.48. The van der Waals surface area contributed by atoms with Crippen molar-refractivity contribution in [3.05, 3.63) is 65.2 Å². The highest BCUT2D eigenvalue weighted by atomic mass is 79.9. The van der Waals surface area contributed by atoms with Crippen LogP contribution in [-0.4, -0.2) is 50.7 Å². The molecule has 8 nitrogen and oxygen atoms in total. The molecule has 10 heteroatoms. The first kappa shape index (κ1) is 25.4. The Morgan fingerprint density at radius 1 is 1.12 bits per heavy atom. The minimum atomic E-state index is -3.29. The average Bonchev–Trinajstić information content (AvgIpc) is 2.74.